The lowest BCUT2D eigenvalue weighted by molar-refractivity contribution is 0.0117. The van der Waals surface area contributed by atoms with Crippen LogP contribution in [-0.2, 0) is 4.74 Å². The third-order valence-corrected chi connectivity index (χ3v) is 3.53. The van der Waals surface area contributed by atoms with Crippen molar-refractivity contribution in [1.29, 1.82) is 0 Å². The highest BCUT2D eigenvalue weighted by Gasteiger charge is 2.14. The van der Waals surface area contributed by atoms with Gasteiger partial charge in [-0.2, -0.15) is 0 Å². The zero-order valence-corrected chi connectivity index (χ0v) is 11.4. The van der Waals surface area contributed by atoms with Crippen LogP contribution in [0.3, 0.4) is 0 Å². The van der Waals surface area contributed by atoms with Gasteiger partial charge in [-0.1, -0.05) is 6.07 Å². The fourth-order valence-corrected chi connectivity index (χ4v) is 2.36. The molecule has 0 spiro atoms. The van der Waals surface area contributed by atoms with Gasteiger partial charge in [-0.05, 0) is 50.3 Å². The Morgan fingerprint density at radius 1 is 1.47 bits per heavy atom. The van der Waals surface area contributed by atoms with Gasteiger partial charge in [0.15, 0.2) is 0 Å². The zero-order valence-electron chi connectivity index (χ0n) is 11.4. The van der Waals surface area contributed by atoms with Gasteiger partial charge in [-0.15, -0.1) is 0 Å². The quantitative estimate of drug-likeness (QED) is 0.818. The summed E-state index contributed by atoms with van der Waals surface area (Å²) >= 11 is 0. The van der Waals surface area contributed by atoms with Crippen LogP contribution < -0.4 is 11.1 Å². The van der Waals surface area contributed by atoms with Gasteiger partial charge in [0.2, 0.25) is 0 Å². The van der Waals surface area contributed by atoms with E-state index in [1.54, 1.807) is 6.07 Å². The molecule has 1 aromatic carbocycles. The number of amides is 1. The largest absolute Gasteiger partial charge is 0.399 e. The molecule has 1 atom stereocenters. The molecule has 1 fully saturated rings. The summed E-state index contributed by atoms with van der Waals surface area (Å²) in [5.74, 6) is -0.0550. The maximum Gasteiger partial charge on any atom is 0.251 e. The Kier molecular flexibility index (Phi) is 4.80. The number of anilines is 1. The SMILES string of the molecule is Cc1ccc(N)cc1C(=O)NCCC1CCCCO1. The van der Waals surface area contributed by atoms with Crippen LogP contribution in [0, 0.1) is 6.92 Å². The highest BCUT2D eigenvalue weighted by atomic mass is 16.5. The molecule has 3 N–H and O–H groups in total. The summed E-state index contributed by atoms with van der Waals surface area (Å²) in [6.45, 7) is 3.42. The molecule has 4 heteroatoms. The molecule has 19 heavy (non-hydrogen) atoms. The number of ether oxygens (including phenoxy) is 1. The molecular weight excluding hydrogens is 240 g/mol. The van der Waals surface area contributed by atoms with Gasteiger partial charge < -0.3 is 15.8 Å². The Morgan fingerprint density at radius 3 is 3.05 bits per heavy atom. The molecule has 1 aliphatic heterocycles. The number of nitrogens with two attached hydrogens (primary N) is 1. The molecule has 1 amide bonds. The Hall–Kier alpha value is -1.55. The highest BCUT2D eigenvalue weighted by molar-refractivity contribution is 5.96. The fraction of sp³-hybridized carbons (Fsp3) is 0.533. The van der Waals surface area contributed by atoms with Crippen LogP contribution in [0.1, 0.15) is 41.6 Å². The maximum absolute atomic E-state index is 12.1. The lowest BCUT2D eigenvalue weighted by atomic mass is 10.1. The number of carbonyl (C=O) groups excluding carboxylic acids is 1. The molecule has 4 nitrogen and oxygen atoms in total. The minimum absolute atomic E-state index is 0.0550. The summed E-state index contributed by atoms with van der Waals surface area (Å²) in [4.78, 5) is 12.1. The van der Waals surface area contributed by atoms with Gasteiger partial charge in [0.25, 0.3) is 5.91 Å². The molecule has 1 unspecified atom stereocenters. The normalized spacial score (nSPS) is 19.1. The third kappa shape index (κ3) is 3.96. The molecule has 1 heterocycles. The van der Waals surface area contributed by atoms with Crippen LogP contribution in [-0.4, -0.2) is 25.2 Å². The van der Waals surface area contributed by atoms with E-state index >= 15 is 0 Å². The molecule has 0 saturated carbocycles. The average molecular weight is 262 g/mol. The molecule has 2 rings (SSSR count). The van der Waals surface area contributed by atoms with Crippen molar-refractivity contribution < 1.29 is 9.53 Å². The van der Waals surface area contributed by atoms with Crippen LogP contribution in [0.5, 0.6) is 0 Å². The Bertz CT molecular complexity index is 440. The van der Waals surface area contributed by atoms with E-state index in [-0.39, 0.29) is 5.91 Å². The molecule has 0 aliphatic carbocycles. The lowest BCUT2D eigenvalue weighted by Crippen LogP contribution is -2.29. The summed E-state index contributed by atoms with van der Waals surface area (Å²) in [5, 5.41) is 2.94. The summed E-state index contributed by atoms with van der Waals surface area (Å²) in [7, 11) is 0. The first kappa shape index (κ1) is 13.9. The summed E-state index contributed by atoms with van der Waals surface area (Å²) in [6, 6.07) is 5.40. The van der Waals surface area contributed by atoms with Crippen LogP contribution in [0.15, 0.2) is 18.2 Å². The van der Waals surface area contributed by atoms with Gasteiger partial charge in [-0.3, -0.25) is 4.79 Å². The van der Waals surface area contributed by atoms with Gasteiger partial charge in [-0.25, -0.2) is 0 Å². The van der Waals surface area contributed by atoms with Crippen molar-refractivity contribution in [2.45, 2.75) is 38.7 Å². The molecule has 0 aromatic heterocycles. The number of hydrogen-bond donors (Lipinski definition) is 2. The molecule has 1 aliphatic rings. The van der Waals surface area contributed by atoms with Crippen molar-refractivity contribution >= 4 is 11.6 Å². The number of benzene rings is 1. The molecule has 1 saturated heterocycles. The molecule has 1 aromatic rings. The van der Waals surface area contributed by atoms with E-state index in [1.807, 2.05) is 19.1 Å². The smallest absolute Gasteiger partial charge is 0.251 e. The Labute approximate surface area is 114 Å². The minimum Gasteiger partial charge on any atom is -0.399 e. The van der Waals surface area contributed by atoms with Crippen molar-refractivity contribution in [2.24, 2.45) is 0 Å². The van der Waals surface area contributed by atoms with Gasteiger partial charge in [0, 0.05) is 24.4 Å². The highest BCUT2D eigenvalue weighted by Crippen LogP contribution is 2.15. The van der Waals surface area contributed by atoms with Crippen LogP contribution in [0.25, 0.3) is 0 Å². The zero-order chi connectivity index (χ0) is 13.7. The van der Waals surface area contributed by atoms with E-state index in [2.05, 4.69) is 5.32 Å². The second kappa shape index (κ2) is 6.57. The molecular formula is C15H22N2O2. The predicted octanol–water partition coefficient (Wildman–Crippen LogP) is 2.27. The summed E-state index contributed by atoms with van der Waals surface area (Å²) in [6.07, 6.45) is 4.68. The van der Waals surface area contributed by atoms with Crippen molar-refractivity contribution in [3.8, 4) is 0 Å². The van der Waals surface area contributed by atoms with E-state index < -0.39 is 0 Å². The summed E-state index contributed by atoms with van der Waals surface area (Å²) < 4.78 is 5.64. The number of rotatable bonds is 4. The Morgan fingerprint density at radius 2 is 2.32 bits per heavy atom. The predicted molar refractivity (Wildman–Crippen MR) is 76.1 cm³/mol. The van der Waals surface area contributed by atoms with Gasteiger partial charge in [0.05, 0.1) is 6.10 Å². The number of aryl methyl sites for hydroxylation is 1. The van der Waals surface area contributed by atoms with Crippen molar-refractivity contribution in [3.05, 3.63) is 29.3 Å². The lowest BCUT2D eigenvalue weighted by Gasteiger charge is -2.22. The van der Waals surface area contributed by atoms with E-state index in [0.717, 1.165) is 31.4 Å². The van der Waals surface area contributed by atoms with Gasteiger partial charge in [0.1, 0.15) is 0 Å². The number of nitrogens with one attached hydrogen (secondary N) is 1. The van der Waals surface area contributed by atoms with Crippen LogP contribution in [0.2, 0.25) is 0 Å². The van der Waals surface area contributed by atoms with Gasteiger partial charge >= 0.3 is 0 Å². The minimum atomic E-state index is -0.0550. The fourth-order valence-electron chi connectivity index (χ4n) is 2.36. The Balaban J connectivity index is 1.82. The third-order valence-electron chi connectivity index (χ3n) is 3.53. The van der Waals surface area contributed by atoms with Crippen LogP contribution in [0.4, 0.5) is 5.69 Å². The number of hydrogen-bond acceptors (Lipinski definition) is 3. The average Bonchev–Trinajstić information content (AvgIpc) is 2.42. The van der Waals surface area contributed by atoms with E-state index in [1.165, 1.54) is 6.42 Å². The molecule has 104 valence electrons. The van der Waals surface area contributed by atoms with E-state index in [4.69, 9.17) is 10.5 Å². The first-order chi connectivity index (χ1) is 9.16. The molecule has 0 bridgehead atoms. The van der Waals surface area contributed by atoms with Crippen molar-refractivity contribution in [3.63, 3.8) is 0 Å². The standard InChI is InChI=1S/C15H22N2O2/c1-11-5-6-12(16)10-14(11)15(18)17-8-7-13-4-2-3-9-19-13/h5-6,10,13H,2-4,7-9,16H2,1H3,(H,17,18). The summed E-state index contributed by atoms with van der Waals surface area (Å²) in [5.41, 5.74) is 7.93. The topological polar surface area (TPSA) is 64.4 Å². The van der Waals surface area contributed by atoms with Crippen molar-refractivity contribution in [1.82, 2.24) is 5.32 Å². The maximum atomic E-state index is 12.1. The van der Waals surface area contributed by atoms with E-state index in [0.29, 0.717) is 23.9 Å². The second-order valence-electron chi connectivity index (χ2n) is 5.11. The first-order valence-corrected chi connectivity index (χ1v) is 6.93. The number of carbonyl (C=O) groups is 1. The van der Waals surface area contributed by atoms with Crippen LogP contribution >= 0.6 is 0 Å². The number of nitrogen functional groups attached to an aromatic ring is 1. The van der Waals surface area contributed by atoms with E-state index in [9.17, 15) is 4.79 Å². The van der Waals surface area contributed by atoms with Crippen molar-refractivity contribution in [2.75, 3.05) is 18.9 Å². The second-order valence-corrected chi connectivity index (χ2v) is 5.11. The monoisotopic (exact) mass is 262 g/mol. The molecule has 0 radical (unpaired) electrons. The first-order valence-electron chi connectivity index (χ1n) is 6.93.